The number of carbonyl (C=O) groups excluding carboxylic acids is 2. The normalized spacial score (nSPS) is 25.4. The molecule has 0 aromatic carbocycles. The number of halogens is 1. The average molecular weight is 398 g/mol. The molecule has 5 nitrogen and oxygen atoms in total. The third-order valence-corrected chi connectivity index (χ3v) is 5.10. The molecule has 1 amide bonds. The zero-order chi connectivity index (χ0) is 17.7. The van der Waals surface area contributed by atoms with Crippen molar-refractivity contribution < 1.29 is 18.7 Å². The van der Waals surface area contributed by atoms with Crippen LogP contribution < -0.4 is 5.32 Å². The lowest BCUT2D eigenvalue weighted by Gasteiger charge is -2.35. The average Bonchev–Trinajstić information content (AvgIpc) is 2.95. The van der Waals surface area contributed by atoms with Gasteiger partial charge in [0.25, 0.3) is 5.91 Å². The van der Waals surface area contributed by atoms with E-state index in [0.29, 0.717) is 22.3 Å². The maximum atomic E-state index is 12.2. The van der Waals surface area contributed by atoms with E-state index in [1.54, 1.807) is 19.1 Å². The predicted molar refractivity (Wildman–Crippen MR) is 95.1 cm³/mol. The lowest BCUT2D eigenvalue weighted by atomic mass is 9.78. The van der Waals surface area contributed by atoms with Crippen LogP contribution in [0.15, 0.2) is 27.3 Å². The molecule has 0 aliphatic heterocycles. The Morgan fingerprint density at radius 1 is 1.38 bits per heavy atom. The van der Waals surface area contributed by atoms with Gasteiger partial charge in [-0.05, 0) is 59.3 Å². The molecule has 0 bridgehead atoms. The molecule has 6 heteroatoms. The first-order valence-corrected chi connectivity index (χ1v) is 9.10. The Morgan fingerprint density at radius 3 is 2.79 bits per heavy atom. The van der Waals surface area contributed by atoms with Crippen molar-refractivity contribution in [3.8, 4) is 0 Å². The van der Waals surface area contributed by atoms with Gasteiger partial charge in [0.1, 0.15) is 5.76 Å². The minimum Gasteiger partial charge on any atom is -0.450 e. The summed E-state index contributed by atoms with van der Waals surface area (Å²) in [5, 5.41) is 3.02. The summed E-state index contributed by atoms with van der Waals surface area (Å²) in [5.41, 5.74) is 0. The molecule has 1 saturated carbocycles. The monoisotopic (exact) mass is 397 g/mol. The van der Waals surface area contributed by atoms with Gasteiger partial charge >= 0.3 is 5.97 Å². The molecule has 1 aromatic heterocycles. The highest BCUT2D eigenvalue weighted by atomic mass is 79.9. The molecule has 0 saturated heterocycles. The summed E-state index contributed by atoms with van der Waals surface area (Å²) in [6.45, 7) is 5.96. The van der Waals surface area contributed by atoms with Crippen LogP contribution in [-0.4, -0.2) is 24.0 Å². The second-order valence-corrected chi connectivity index (χ2v) is 7.22. The highest BCUT2D eigenvalue weighted by molar-refractivity contribution is 9.10. The van der Waals surface area contributed by atoms with Gasteiger partial charge in [0, 0.05) is 12.1 Å². The molecule has 1 N–H and O–H groups in total. The number of hydrogen-bond donors (Lipinski definition) is 1. The van der Waals surface area contributed by atoms with Crippen LogP contribution in [-0.2, 0) is 14.3 Å². The van der Waals surface area contributed by atoms with Crippen molar-refractivity contribution in [2.24, 2.45) is 11.8 Å². The molecule has 1 aromatic rings. The maximum absolute atomic E-state index is 12.2. The molecule has 1 heterocycles. The van der Waals surface area contributed by atoms with E-state index in [0.717, 1.165) is 12.8 Å². The largest absolute Gasteiger partial charge is 0.450 e. The summed E-state index contributed by atoms with van der Waals surface area (Å²) in [6, 6.07) is 3.60. The van der Waals surface area contributed by atoms with Gasteiger partial charge in [0.2, 0.25) is 0 Å². The van der Waals surface area contributed by atoms with E-state index < -0.39 is 12.1 Å². The SMILES string of the molecule is C[C@H]1[C@@H](NC(=O)[C@@H](C)OC(=O)/C=C/c2ccc(Br)o2)CCC[C@@H]1C. The molecule has 1 aliphatic carbocycles. The molecule has 132 valence electrons. The number of nitrogens with one attached hydrogen (secondary N) is 1. The Labute approximate surface area is 150 Å². The smallest absolute Gasteiger partial charge is 0.331 e. The van der Waals surface area contributed by atoms with Crippen molar-refractivity contribution >= 4 is 33.9 Å². The van der Waals surface area contributed by atoms with E-state index >= 15 is 0 Å². The number of esters is 1. The fourth-order valence-corrected chi connectivity index (χ4v) is 3.24. The Bertz CT molecular complexity index is 610. The summed E-state index contributed by atoms with van der Waals surface area (Å²) in [6.07, 6.45) is 5.22. The highest BCUT2D eigenvalue weighted by Crippen LogP contribution is 2.29. The fourth-order valence-electron chi connectivity index (χ4n) is 2.92. The lowest BCUT2D eigenvalue weighted by molar-refractivity contribution is -0.150. The summed E-state index contributed by atoms with van der Waals surface area (Å²) in [5.74, 6) is 0.736. The number of rotatable bonds is 5. The first-order chi connectivity index (χ1) is 11.4. The van der Waals surface area contributed by atoms with Crippen molar-refractivity contribution in [1.29, 1.82) is 0 Å². The van der Waals surface area contributed by atoms with Gasteiger partial charge in [0.05, 0.1) is 0 Å². The molecule has 1 fully saturated rings. The number of ether oxygens (including phenoxy) is 1. The molecule has 2 rings (SSSR count). The Morgan fingerprint density at radius 2 is 2.12 bits per heavy atom. The van der Waals surface area contributed by atoms with E-state index in [4.69, 9.17) is 9.15 Å². The Kier molecular flexibility index (Phi) is 6.66. The third kappa shape index (κ3) is 5.23. The van der Waals surface area contributed by atoms with Crippen LogP contribution in [0.1, 0.15) is 45.8 Å². The van der Waals surface area contributed by atoms with Gasteiger partial charge in [-0.3, -0.25) is 4.79 Å². The first-order valence-electron chi connectivity index (χ1n) is 8.31. The van der Waals surface area contributed by atoms with Crippen LogP contribution in [0.4, 0.5) is 0 Å². The molecule has 0 spiro atoms. The minimum atomic E-state index is -0.824. The van der Waals surface area contributed by atoms with E-state index in [1.807, 2.05) is 0 Å². The lowest BCUT2D eigenvalue weighted by Crippen LogP contribution is -2.47. The molecule has 0 radical (unpaired) electrons. The fraction of sp³-hybridized carbons (Fsp3) is 0.556. The van der Waals surface area contributed by atoms with Crippen LogP contribution in [0, 0.1) is 11.8 Å². The molecule has 0 unspecified atom stereocenters. The number of carbonyl (C=O) groups is 2. The summed E-state index contributed by atoms with van der Waals surface area (Å²) in [7, 11) is 0. The number of furan rings is 1. The summed E-state index contributed by atoms with van der Waals surface area (Å²) < 4.78 is 11.0. The maximum Gasteiger partial charge on any atom is 0.331 e. The quantitative estimate of drug-likeness (QED) is 0.603. The summed E-state index contributed by atoms with van der Waals surface area (Å²) >= 11 is 3.18. The Hall–Kier alpha value is -1.56. The van der Waals surface area contributed by atoms with Crippen LogP contribution in [0.25, 0.3) is 6.08 Å². The van der Waals surface area contributed by atoms with Gasteiger partial charge in [0.15, 0.2) is 10.8 Å². The zero-order valence-corrected chi connectivity index (χ0v) is 15.8. The van der Waals surface area contributed by atoms with Crippen molar-refractivity contribution in [2.75, 3.05) is 0 Å². The molecular weight excluding hydrogens is 374 g/mol. The highest BCUT2D eigenvalue weighted by Gasteiger charge is 2.29. The third-order valence-electron chi connectivity index (χ3n) is 4.67. The molecule has 1 aliphatic rings. The topological polar surface area (TPSA) is 68.5 Å². The number of hydrogen-bond acceptors (Lipinski definition) is 4. The molecule has 24 heavy (non-hydrogen) atoms. The first kappa shape index (κ1) is 18.8. The van der Waals surface area contributed by atoms with E-state index in [9.17, 15) is 9.59 Å². The van der Waals surface area contributed by atoms with E-state index in [2.05, 4.69) is 35.1 Å². The summed E-state index contributed by atoms with van der Waals surface area (Å²) in [4.78, 5) is 24.0. The number of amides is 1. The van der Waals surface area contributed by atoms with E-state index in [-0.39, 0.29) is 11.9 Å². The Balaban J connectivity index is 1.82. The second-order valence-electron chi connectivity index (χ2n) is 6.44. The standard InChI is InChI=1S/C18H24BrNO4/c1-11-5-4-6-15(12(11)2)20-18(22)13(3)23-17(21)10-8-14-7-9-16(19)24-14/h7-13,15H,4-6H2,1-3H3,(H,20,22)/b10-8+/t11-,12+,13+,15-/m0/s1. The second kappa shape index (κ2) is 8.51. The molecule has 4 atom stereocenters. The van der Waals surface area contributed by atoms with Crippen LogP contribution in [0.3, 0.4) is 0 Å². The predicted octanol–water partition coefficient (Wildman–Crippen LogP) is 3.93. The molecular formula is C18H24BrNO4. The van der Waals surface area contributed by atoms with Crippen molar-refractivity contribution in [2.45, 2.75) is 52.2 Å². The van der Waals surface area contributed by atoms with Crippen LogP contribution in [0.5, 0.6) is 0 Å². The van der Waals surface area contributed by atoms with E-state index in [1.165, 1.54) is 18.6 Å². The van der Waals surface area contributed by atoms with Crippen LogP contribution >= 0.6 is 15.9 Å². The zero-order valence-electron chi connectivity index (χ0n) is 14.3. The van der Waals surface area contributed by atoms with Crippen molar-refractivity contribution in [3.63, 3.8) is 0 Å². The van der Waals surface area contributed by atoms with Gasteiger partial charge < -0.3 is 14.5 Å². The minimum absolute atomic E-state index is 0.151. The van der Waals surface area contributed by atoms with Crippen LogP contribution in [0.2, 0.25) is 0 Å². The van der Waals surface area contributed by atoms with Gasteiger partial charge in [-0.2, -0.15) is 0 Å². The van der Waals surface area contributed by atoms with Crippen molar-refractivity contribution in [1.82, 2.24) is 5.32 Å². The van der Waals surface area contributed by atoms with Crippen molar-refractivity contribution in [3.05, 3.63) is 28.6 Å². The van der Waals surface area contributed by atoms with Gasteiger partial charge in [-0.1, -0.05) is 26.7 Å². The van der Waals surface area contributed by atoms with Gasteiger partial charge in [-0.25, -0.2) is 4.79 Å². The van der Waals surface area contributed by atoms with Gasteiger partial charge in [-0.15, -0.1) is 0 Å².